The standard InChI is InChI=1S/C15H14N4O3/c1-9(20)12-7-11(14(21-2)8-16-12)13-6-10-4-5-17-19(10)15(18-13)22-3/h4-8H,1-3H3. The fourth-order valence-corrected chi connectivity index (χ4v) is 2.17. The minimum absolute atomic E-state index is 0.124. The van der Waals surface area contributed by atoms with Crippen LogP contribution in [-0.4, -0.2) is 39.6 Å². The highest BCUT2D eigenvalue weighted by atomic mass is 16.5. The topological polar surface area (TPSA) is 78.6 Å². The molecule has 0 aliphatic carbocycles. The number of carbonyl (C=O) groups excluding carboxylic acids is 1. The van der Waals surface area contributed by atoms with E-state index in [2.05, 4.69) is 15.1 Å². The highest BCUT2D eigenvalue weighted by molar-refractivity contribution is 5.93. The fourth-order valence-electron chi connectivity index (χ4n) is 2.17. The maximum Gasteiger partial charge on any atom is 0.318 e. The highest BCUT2D eigenvalue weighted by Crippen LogP contribution is 2.30. The van der Waals surface area contributed by atoms with Crippen LogP contribution in [0.3, 0.4) is 0 Å². The van der Waals surface area contributed by atoms with Crippen LogP contribution in [0.5, 0.6) is 11.8 Å². The van der Waals surface area contributed by atoms with Crippen LogP contribution in [0.1, 0.15) is 17.4 Å². The summed E-state index contributed by atoms with van der Waals surface area (Å²) in [5, 5.41) is 4.14. The van der Waals surface area contributed by atoms with Crippen molar-refractivity contribution in [3.05, 3.63) is 36.3 Å². The molecule has 3 aromatic heterocycles. The first-order chi connectivity index (χ1) is 10.6. The zero-order chi connectivity index (χ0) is 15.7. The van der Waals surface area contributed by atoms with Crippen molar-refractivity contribution in [2.75, 3.05) is 14.2 Å². The minimum atomic E-state index is -0.124. The summed E-state index contributed by atoms with van der Waals surface area (Å²) in [4.78, 5) is 20.1. The molecule has 0 bridgehead atoms. The summed E-state index contributed by atoms with van der Waals surface area (Å²) in [6.07, 6.45) is 3.18. The van der Waals surface area contributed by atoms with Crippen LogP contribution in [0.4, 0.5) is 0 Å². The second kappa shape index (κ2) is 5.44. The summed E-state index contributed by atoms with van der Waals surface area (Å²) in [5.74, 6) is 0.407. The van der Waals surface area contributed by atoms with Crippen LogP contribution in [-0.2, 0) is 0 Å². The van der Waals surface area contributed by atoms with E-state index in [1.165, 1.54) is 20.2 Å². The Morgan fingerprint density at radius 1 is 1.23 bits per heavy atom. The van der Waals surface area contributed by atoms with Crippen molar-refractivity contribution in [3.8, 4) is 23.0 Å². The van der Waals surface area contributed by atoms with E-state index in [9.17, 15) is 4.79 Å². The Balaban J connectivity index is 2.25. The lowest BCUT2D eigenvalue weighted by Crippen LogP contribution is -2.03. The first-order valence-electron chi connectivity index (χ1n) is 6.58. The summed E-state index contributed by atoms with van der Waals surface area (Å²) in [6, 6.07) is 5.70. The van der Waals surface area contributed by atoms with Crippen molar-refractivity contribution in [1.29, 1.82) is 0 Å². The van der Waals surface area contributed by atoms with Crippen molar-refractivity contribution in [1.82, 2.24) is 19.6 Å². The molecular formula is C15H14N4O3. The molecule has 22 heavy (non-hydrogen) atoms. The number of ketones is 1. The number of rotatable bonds is 4. The van der Waals surface area contributed by atoms with Crippen molar-refractivity contribution in [2.24, 2.45) is 0 Å². The molecule has 0 N–H and O–H groups in total. The van der Waals surface area contributed by atoms with E-state index in [-0.39, 0.29) is 5.78 Å². The monoisotopic (exact) mass is 298 g/mol. The molecule has 0 unspecified atom stereocenters. The van der Waals surface area contributed by atoms with Crippen LogP contribution in [0.15, 0.2) is 30.6 Å². The van der Waals surface area contributed by atoms with Crippen LogP contribution >= 0.6 is 0 Å². The number of pyridine rings is 1. The van der Waals surface area contributed by atoms with Gasteiger partial charge in [-0.3, -0.25) is 4.79 Å². The van der Waals surface area contributed by atoms with Gasteiger partial charge in [-0.2, -0.15) is 14.6 Å². The predicted octanol–water partition coefficient (Wildman–Crippen LogP) is 2.01. The summed E-state index contributed by atoms with van der Waals surface area (Å²) in [7, 11) is 3.07. The molecule has 3 rings (SSSR count). The predicted molar refractivity (Wildman–Crippen MR) is 79.3 cm³/mol. The summed E-state index contributed by atoms with van der Waals surface area (Å²) < 4.78 is 12.2. The van der Waals surface area contributed by atoms with Crippen molar-refractivity contribution in [3.63, 3.8) is 0 Å². The quantitative estimate of drug-likeness (QED) is 0.686. The number of fused-ring (bicyclic) bond motifs is 1. The number of nitrogens with zero attached hydrogens (tertiary/aromatic N) is 4. The first-order valence-corrected chi connectivity index (χ1v) is 6.58. The molecule has 0 aromatic carbocycles. The SMILES string of the molecule is COc1cnc(C(C)=O)cc1-c1cc2ccnn2c(OC)n1. The molecule has 3 heterocycles. The van der Waals surface area contributed by atoms with Gasteiger partial charge in [0.25, 0.3) is 0 Å². The second-order valence-corrected chi connectivity index (χ2v) is 4.62. The molecule has 0 amide bonds. The summed E-state index contributed by atoms with van der Waals surface area (Å²) in [6.45, 7) is 1.47. The number of carbonyl (C=O) groups is 1. The molecule has 0 saturated heterocycles. The Bertz CT molecular complexity index is 857. The van der Waals surface area contributed by atoms with E-state index in [4.69, 9.17) is 9.47 Å². The van der Waals surface area contributed by atoms with E-state index in [0.29, 0.717) is 28.7 Å². The molecule has 0 saturated carbocycles. The van der Waals surface area contributed by atoms with Crippen LogP contribution < -0.4 is 9.47 Å². The molecule has 0 fully saturated rings. The molecule has 0 aliphatic rings. The van der Waals surface area contributed by atoms with E-state index < -0.39 is 0 Å². The molecule has 0 atom stereocenters. The third-order valence-electron chi connectivity index (χ3n) is 3.26. The van der Waals surface area contributed by atoms with Gasteiger partial charge >= 0.3 is 6.01 Å². The lowest BCUT2D eigenvalue weighted by atomic mass is 10.1. The number of hydrogen-bond acceptors (Lipinski definition) is 6. The first kappa shape index (κ1) is 14.0. The van der Waals surface area contributed by atoms with Gasteiger partial charge in [-0.05, 0) is 18.2 Å². The summed E-state index contributed by atoms with van der Waals surface area (Å²) in [5.41, 5.74) is 2.46. The molecule has 7 nitrogen and oxygen atoms in total. The van der Waals surface area contributed by atoms with Gasteiger partial charge in [-0.25, -0.2) is 4.98 Å². The maximum atomic E-state index is 11.6. The smallest absolute Gasteiger partial charge is 0.318 e. The largest absolute Gasteiger partial charge is 0.494 e. The van der Waals surface area contributed by atoms with Gasteiger partial charge in [-0.15, -0.1) is 0 Å². The van der Waals surface area contributed by atoms with Gasteiger partial charge in [0.1, 0.15) is 11.4 Å². The minimum Gasteiger partial charge on any atom is -0.494 e. The Labute approximate surface area is 126 Å². The van der Waals surface area contributed by atoms with E-state index in [0.717, 1.165) is 5.52 Å². The average Bonchev–Trinajstić information content (AvgIpc) is 3.01. The highest BCUT2D eigenvalue weighted by Gasteiger charge is 2.15. The van der Waals surface area contributed by atoms with E-state index >= 15 is 0 Å². The number of Topliss-reactive ketones (excluding diaryl/α,β-unsaturated/α-hetero) is 1. The Kier molecular flexibility index (Phi) is 3.46. The molecule has 0 aliphatic heterocycles. The summed E-state index contributed by atoms with van der Waals surface area (Å²) >= 11 is 0. The molecule has 0 spiro atoms. The molecule has 112 valence electrons. The second-order valence-electron chi connectivity index (χ2n) is 4.62. The van der Waals surface area contributed by atoms with Gasteiger partial charge in [0.05, 0.1) is 37.8 Å². The fraction of sp³-hybridized carbons (Fsp3) is 0.200. The van der Waals surface area contributed by atoms with Crippen molar-refractivity contribution >= 4 is 11.3 Å². The van der Waals surface area contributed by atoms with Gasteiger partial charge in [0.2, 0.25) is 0 Å². The Hall–Kier alpha value is -2.96. The van der Waals surface area contributed by atoms with Gasteiger partial charge in [0.15, 0.2) is 5.78 Å². The zero-order valence-electron chi connectivity index (χ0n) is 12.4. The van der Waals surface area contributed by atoms with Crippen LogP contribution in [0.2, 0.25) is 0 Å². The zero-order valence-corrected chi connectivity index (χ0v) is 12.4. The number of aromatic nitrogens is 4. The maximum absolute atomic E-state index is 11.6. The van der Waals surface area contributed by atoms with Crippen molar-refractivity contribution < 1.29 is 14.3 Å². The molecule has 7 heteroatoms. The van der Waals surface area contributed by atoms with E-state index in [1.54, 1.807) is 23.9 Å². The third-order valence-corrected chi connectivity index (χ3v) is 3.26. The van der Waals surface area contributed by atoms with Crippen molar-refractivity contribution in [2.45, 2.75) is 6.92 Å². The normalized spacial score (nSPS) is 10.7. The average molecular weight is 298 g/mol. The van der Waals surface area contributed by atoms with E-state index in [1.807, 2.05) is 12.1 Å². The lowest BCUT2D eigenvalue weighted by molar-refractivity contribution is 0.101. The molecular weight excluding hydrogens is 284 g/mol. The van der Waals surface area contributed by atoms with Crippen LogP contribution in [0.25, 0.3) is 16.8 Å². The number of hydrogen-bond donors (Lipinski definition) is 0. The van der Waals surface area contributed by atoms with Gasteiger partial charge in [0, 0.05) is 12.5 Å². The van der Waals surface area contributed by atoms with Crippen LogP contribution in [0, 0.1) is 0 Å². The van der Waals surface area contributed by atoms with Gasteiger partial charge in [-0.1, -0.05) is 0 Å². The molecule has 0 radical (unpaired) electrons. The number of ether oxygens (including phenoxy) is 2. The Morgan fingerprint density at radius 2 is 2.05 bits per heavy atom. The molecule has 3 aromatic rings. The van der Waals surface area contributed by atoms with Gasteiger partial charge < -0.3 is 9.47 Å². The Morgan fingerprint density at radius 3 is 2.73 bits per heavy atom. The third kappa shape index (κ3) is 2.26. The lowest BCUT2D eigenvalue weighted by Gasteiger charge is -2.10. The number of methoxy groups -OCH3 is 2.